The minimum atomic E-state index is -0.0525. The second-order valence-electron chi connectivity index (χ2n) is 2.56. The summed E-state index contributed by atoms with van der Waals surface area (Å²) in [7, 11) is 0. The molecular formula is C9H10BrNOS. The summed E-state index contributed by atoms with van der Waals surface area (Å²) >= 11 is 7.22. The summed E-state index contributed by atoms with van der Waals surface area (Å²) in [6.45, 7) is 0.554. The van der Waals surface area contributed by atoms with E-state index in [0.29, 0.717) is 6.54 Å². The van der Waals surface area contributed by atoms with Gasteiger partial charge in [0.25, 0.3) is 0 Å². The molecule has 2 nitrogen and oxygen atoms in total. The lowest BCUT2D eigenvalue weighted by Gasteiger charge is -2.03. The van der Waals surface area contributed by atoms with Gasteiger partial charge in [-0.05, 0) is 17.7 Å². The Morgan fingerprint density at radius 3 is 2.92 bits per heavy atom. The summed E-state index contributed by atoms with van der Waals surface area (Å²) in [5, 5.41) is 2.74. The highest BCUT2D eigenvalue weighted by Gasteiger charge is 1.97. The maximum absolute atomic E-state index is 10.9. The number of hydrogen-bond acceptors (Lipinski definition) is 2. The zero-order chi connectivity index (χ0) is 9.68. The molecule has 0 aliphatic heterocycles. The van der Waals surface area contributed by atoms with Crippen molar-refractivity contribution in [3.8, 4) is 0 Å². The summed E-state index contributed by atoms with van der Waals surface area (Å²) < 4.78 is 1.02. The molecule has 0 atom stereocenters. The van der Waals surface area contributed by atoms with Crippen molar-refractivity contribution < 1.29 is 4.79 Å². The maximum Gasteiger partial charge on any atom is 0.229 e. The minimum absolute atomic E-state index is 0.0525. The van der Waals surface area contributed by atoms with Gasteiger partial charge in [0.1, 0.15) is 0 Å². The molecule has 0 bridgehead atoms. The molecule has 70 valence electrons. The van der Waals surface area contributed by atoms with Gasteiger partial charge >= 0.3 is 0 Å². The van der Waals surface area contributed by atoms with Crippen molar-refractivity contribution in [1.82, 2.24) is 5.32 Å². The van der Waals surface area contributed by atoms with E-state index in [2.05, 4.69) is 33.9 Å². The van der Waals surface area contributed by atoms with Crippen LogP contribution in [0.4, 0.5) is 0 Å². The van der Waals surface area contributed by atoms with Gasteiger partial charge in [0.15, 0.2) is 0 Å². The first-order valence-electron chi connectivity index (χ1n) is 3.84. The first kappa shape index (κ1) is 10.6. The third-order valence-corrected chi connectivity index (χ3v) is 2.30. The molecular weight excluding hydrogens is 250 g/mol. The van der Waals surface area contributed by atoms with Crippen molar-refractivity contribution >= 4 is 34.5 Å². The Kier molecular flexibility index (Phi) is 4.32. The van der Waals surface area contributed by atoms with E-state index in [4.69, 9.17) is 0 Å². The van der Waals surface area contributed by atoms with Crippen LogP contribution in [-0.4, -0.2) is 11.7 Å². The van der Waals surface area contributed by atoms with Crippen LogP contribution in [0.1, 0.15) is 5.56 Å². The molecule has 1 N–H and O–H groups in total. The predicted octanol–water partition coefficient (Wildman–Crippen LogP) is 2.00. The van der Waals surface area contributed by atoms with Gasteiger partial charge in [-0.2, -0.15) is 12.6 Å². The molecule has 0 heterocycles. The molecule has 0 fully saturated rings. The number of benzene rings is 1. The van der Waals surface area contributed by atoms with Crippen molar-refractivity contribution in [3.05, 3.63) is 34.3 Å². The van der Waals surface area contributed by atoms with Crippen molar-refractivity contribution in [1.29, 1.82) is 0 Å². The van der Waals surface area contributed by atoms with Gasteiger partial charge in [-0.25, -0.2) is 0 Å². The van der Waals surface area contributed by atoms with Gasteiger partial charge in [-0.1, -0.05) is 28.1 Å². The summed E-state index contributed by atoms with van der Waals surface area (Å²) in [4.78, 5) is 10.9. The molecule has 4 heteroatoms. The number of amides is 1. The second kappa shape index (κ2) is 5.29. The smallest absolute Gasteiger partial charge is 0.229 e. The zero-order valence-electron chi connectivity index (χ0n) is 6.96. The Morgan fingerprint density at radius 1 is 1.54 bits per heavy atom. The predicted molar refractivity (Wildman–Crippen MR) is 59.8 cm³/mol. The van der Waals surface area contributed by atoms with Gasteiger partial charge in [-0.15, -0.1) is 0 Å². The van der Waals surface area contributed by atoms with E-state index in [1.807, 2.05) is 24.3 Å². The van der Waals surface area contributed by atoms with Gasteiger partial charge < -0.3 is 5.32 Å². The summed E-state index contributed by atoms with van der Waals surface area (Å²) in [5.74, 6) is 0.178. The maximum atomic E-state index is 10.9. The Labute approximate surface area is 91.3 Å². The van der Waals surface area contributed by atoms with E-state index in [9.17, 15) is 4.79 Å². The molecule has 0 saturated carbocycles. The van der Waals surface area contributed by atoms with Crippen LogP contribution in [0.2, 0.25) is 0 Å². The lowest BCUT2D eigenvalue weighted by atomic mass is 10.2. The van der Waals surface area contributed by atoms with Crippen LogP contribution in [0.25, 0.3) is 0 Å². The highest BCUT2D eigenvalue weighted by molar-refractivity contribution is 9.10. The van der Waals surface area contributed by atoms with Crippen molar-refractivity contribution in [2.24, 2.45) is 0 Å². The standard InChI is InChI=1S/C9H10BrNOS/c10-8-3-1-2-7(4-8)5-11-9(12)6-13/h1-4,13H,5-6H2,(H,11,12). The van der Waals surface area contributed by atoms with Crippen molar-refractivity contribution in [2.75, 3.05) is 5.75 Å². The van der Waals surface area contributed by atoms with E-state index in [1.54, 1.807) is 0 Å². The molecule has 0 spiro atoms. The highest BCUT2D eigenvalue weighted by atomic mass is 79.9. The van der Waals surface area contributed by atoms with Crippen LogP contribution < -0.4 is 5.32 Å². The summed E-state index contributed by atoms with van der Waals surface area (Å²) in [6, 6.07) is 7.82. The SMILES string of the molecule is O=C(CS)NCc1cccc(Br)c1. The van der Waals surface area contributed by atoms with Gasteiger partial charge in [-0.3, -0.25) is 4.79 Å². The fourth-order valence-corrected chi connectivity index (χ4v) is 1.46. The number of nitrogens with one attached hydrogen (secondary N) is 1. The third kappa shape index (κ3) is 3.83. The average molecular weight is 260 g/mol. The van der Waals surface area contributed by atoms with Crippen molar-refractivity contribution in [3.63, 3.8) is 0 Å². The van der Waals surface area contributed by atoms with Gasteiger partial charge in [0.2, 0.25) is 5.91 Å². The topological polar surface area (TPSA) is 29.1 Å². The molecule has 0 unspecified atom stereocenters. The average Bonchev–Trinajstić information content (AvgIpc) is 2.14. The minimum Gasteiger partial charge on any atom is -0.351 e. The lowest BCUT2D eigenvalue weighted by Crippen LogP contribution is -2.23. The Bertz CT molecular complexity index is 303. The first-order valence-corrected chi connectivity index (χ1v) is 5.27. The molecule has 0 saturated heterocycles. The van der Waals surface area contributed by atoms with E-state index in [1.165, 1.54) is 0 Å². The largest absolute Gasteiger partial charge is 0.351 e. The van der Waals surface area contributed by atoms with E-state index < -0.39 is 0 Å². The molecule has 1 rings (SSSR count). The Hall–Kier alpha value is -0.480. The number of thiol groups is 1. The van der Waals surface area contributed by atoms with Gasteiger partial charge in [0.05, 0.1) is 5.75 Å². The molecule has 13 heavy (non-hydrogen) atoms. The number of hydrogen-bond donors (Lipinski definition) is 2. The van der Waals surface area contributed by atoms with Crippen molar-refractivity contribution in [2.45, 2.75) is 6.54 Å². The number of carbonyl (C=O) groups excluding carboxylic acids is 1. The van der Waals surface area contributed by atoms with E-state index >= 15 is 0 Å². The number of rotatable bonds is 3. The molecule has 0 aliphatic carbocycles. The van der Waals surface area contributed by atoms with Crippen LogP contribution >= 0.6 is 28.6 Å². The first-order chi connectivity index (χ1) is 6.22. The molecule has 1 aromatic carbocycles. The lowest BCUT2D eigenvalue weighted by molar-refractivity contribution is -0.118. The van der Waals surface area contributed by atoms with Crippen LogP contribution in [0.5, 0.6) is 0 Å². The molecule has 1 aromatic rings. The van der Waals surface area contributed by atoms with Crippen LogP contribution in [0, 0.1) is 0 Å². The monoisotopic (exact) mass is 259 g/mol. The van der Waals surface area contributed by atoms with Crippen LogP contribution in [0.3, 0.4) is 0 Å². The Morgan fingerprint density at radius 2 is 2.31 bits per heavy atom. The third-order valence-electron chi connectivity index (χ3n) is 1.52. The van der Waals surface area contributed by atoms with E-state index in [0.717, 1.165) is 10.0 Å². The Balaban J connectivity index is 2.50. The zero-order valence-corrected chi connectivity index (χ0v) is 9.44. The normalized spacial score (nSPS) is 9.69. The summed E-state index contributed by atoms with van der Waals surface area (Å²) in [6.07, 6.45) is 0. The fourth-order valence-electron chi connectivity index (χ4n) is 0.903. The van der Waals surface area contributed by atoms with E-state index in [-0.39, 0.29) is 11.7 Å². The quantitative estimate of drug-likeness (QED) is 0.800. The molecule has 0 aromatic heterocycles. The van der Waals surface area contributed by atoms with Gasteiger partial charge in [0, 0.05) is 11.0 Å². The molecule has 0 aliphatic rings. The summed E-state index contributed by atoms with van der Waals surface area (Å²) in [5.41, 5.74) is 1.07. The highest BCUT2D eigenvalue weighted by Crippen LogP contribution is 2.11. The number of carbonyl (C=O) groups is 1. The van der Waals surface area contributed by atoms with Crippen LogP contribution in [0.15, 0.2) is 28.7 Å². The molecule has 1 amide bonds. The number of halogens is 1. The fraction of sp³-hybridized carbons (Fsp3) is 0.222. The second-order valence-corrected chi connectivity index (χ2v) is 3.80. The van der Waals surface area contributed by atoms with Crippen LogP contribution in [-0.2, 0) is 11.3 Å². The molecule has 0 radical (unpaired) electrons.